The van der Waals surface area contributed by atoms with E-state index < -0.39 is 0 Å². The van der Waals surface area contributed by atoms with Gasteiger partial charge >= 0.3 is 0 Å². The lowest BCUT2D eigenvalue weighted by molar-refractivity contribution is -0.122. The van der Waals surface area contributed by atoms with Gasteiger partial charge in [-0.05, 0) is 67.9 Å². The average molecular weight is 408 g/mol. The zero-order valence-electron chi connectivity index (χ0n) is 17.5. The van der Waals surface area contributed by atoms with Crippen LogP contribution in [0.25, 0.3) is 0 Å². The fourth-order valence-corrected chi connectivity index (χ4v) is 4.21. The Labute approximate surface area is 177 Å². The molecule has 4 rings (SSSR count). The Morgan fingerprint density at radius 2 is 1.73 bits per heavy atom. The van der Waals surface area contributed by atoms with Crippen molar-refractivity contribution in [1.29, 1.82) is 0 Å². The summed E-state index contributed by atoms with van der Waals surface area (Å²) in [4.78, 5) is 29.3. The van der Waals surface area contributed by atoms with Gasteiger partial charge in [0.05, 0.1) is 13.0 Å². The van der Waals surface area contributed by atoms with E-state index in [0.717, 1.165) is 23.7 Å². The number of piperidine rings is 1. The van der Waals surface area contributed by atoms with Gasteiger partial charge in [-0.15, -0.1) is 0 Å². The first-order valence-corrected chi connectivity index (χ1v) is 10.7. The molecule has 0 aliphatic carbocycles. The third kappa shape index (κ3) is 4.82. The molecular formula is C24H29N3O3. The Kier molecular flexibility index (Phi) is 6.33. The van der Waals surface area contributed by atoms with Crippen molar-refractivity contribution >= 4 is 23.2 Å². The second-order valence-electron chi connectivity index (χ2n) is 8.13. The van der Waals surface area contributed by atoms with Gasteiger partial charge in [0.15, 0.2) is 0 Å². The van der Waals surface area contributed by atoms with E-state index in [1.54, 1.807) is 12.0 Å². The van der Waals surface area contributed by atoms with Crippen molar-refractivity contribution in [2.75, 3.05) is 37.0 Å². The maximum absolute atomic E-state index is 12.7. The van der Waals surface area contributed by atoms with Crippen LogP contribution in [0, 0.1) is 5.92 Å². The first-order chi connectivity index (χ1) is 14.6. The molecule has 2 amide bonds. The summed E-state index contributed by atoms with van der Waals surface area (Å²) in [5.74, 6) is 0.247. The molecule has 6 nitrogen and oxygen atoms in total. The van der Waals surface area contributed by atoms with Crippen LogP contribution in [-0.2, 0) is 16.1 Å². The zero-order valence-corrected chi connectivity index (χ0v) is 17.5. The molecular weight excluding hydrogens is 378 g/mol. The Hall–Kier alpha value is -2.86. The first-order valence-electron chi connectivity index (χ1n) is 10.7. The fourth-order valence-electron chi connectivity index (χ4n) is 4.21. The molecule has 158 valence electrons. The maximum atomic E-state index is 12.7. The molecule has 1 atom stereocenters. The molecule has 2 aliphatic heterocycles. The number of anilines is 2. The van der Waals surface area contributed by atoms with Crippen LogP contribution in [-0.4, -0.2) is 43.5 Å². The third-order valence-electron chi connectivity index (χ3n) is 5.96. The summed E-state index contributed by atoms with van der Waals surface area (Å²) in [5, 5.41) is 2.97. The van der Waals surface area contributed by atoms with Gasteiger partial charge in [0.25, 0.3) is 0 Å². The summed E-state index contributed by atoms with van der Waals surface area (Å²) in [6.45, 7) is 3.68. The topological polar surface area (TPSA) is 61.9 Å². The van der Waals surface area contributed by atoms with Crippen molar-refractivity contribution in [3.05, 3.63) is 54.1 Å². The lowest BCUT2D eigenvalue weighted by atomic mass is 10.1. The molecule has 30 heavy (non-hydrogen) atoms. The summed E-state index contributed by atoms with van der Waals surface area (Å²) in [6.07, 6.45) is 4.12. The molecule has 2 heterocycles. The molecule has 0 spiro atoms. The first kappa shape index (κ1) is 20.4. The third-order valence-corrected chi connectivity index (χ3v) is 5.96. The van der Waals surface area contributed by atoms with E-state index >= 15 is 0 Å². The quantitative estimate of drug-likeness (QED) is 0.794. The Bertz CT molecular complexity index is 874. The van der Waals surface area contributed by atoms with Crippen LogP contribution < -0.4 is 15.0 Å². The van der Waals surface area contributed by atoms with Gasteiger partial charge < -0.3 is 15.0 Å². The standard InChI is InChI=1S/C24H29N3O3/c1-30-22-11-9-21(10-12-22)27-17-19(15-23(27)28)24(29)25-20-7-5-18(6-8-20)16-26-13-3-2-4-14-26/h5-12,19H,2-4,13-17H2,1H3,(H,25,29). The van der Waals surface area contributed by atoms with Crippen molar-refractivity contribution in [2.45, 2.75) is 32.2 Å². The van der Waals surface area contributed by atoms with Crippen molar-refractivity contribution in [2.24, 2.45) is 5.92 Å². The predicted molar refractivity (Wildman–Crippen MR) is 118 cm³/mol. The molecule has 6 heteroatoms. The van der Waals surface area contributed by atoms with Gasteiger partial charge in [-0.3, -0.25) is 14.5 Å². The highest BCUT2D eigenvalue weighted by molar-refractivity contribution is 6.03. The van der Waals surface area contributed by atoms with Crippen LogP contribution in [0.15, 0.2) is 48.5 Å². The number of methoxy groups -OCH3 is 1. The number of hydrogen-bond acceptors (Lipinski definition) is 4. The Balaban J connectivity index is 1.32. The fraction of sp³-hybridized carbons (Fsp3) is 0.417. The Morgan fingerprint density at radius 3 is 2.40 bits per heavy atom. The molecule has 0 aromatic heterocycles. The lowest BCUT2D eigenvalue weighted by Crippen LogP contribution is -2.29. The summed E-state index contributed by atoms with van der Waals surface area (Å²) < 4.78 is 5.17. The van der Waals surface area contributed by atoms with E-state index in [1.165, 1.54) is 37.9 Å². The number of carbonyl (C=O) groups excluding carboxylic acids is 2. The maximum Gasteiger partial charge on any atom is 0.229 e. The van der Waals surface area contributed by atoms with Gasteiger partial charge in [0, 0.05) is 30.9 Å². The minimum atomic E-state index is -0.354. The van der Waals surface area contributed by atoms with Crippen LogP contribution >= 0.6 is 0 Å². The van der Waals surface area contributed by atoms with Crippen LogP contribution in [0.5, 0.6) is 5.75 Å². The SMILES string of the molecule is COc1ccc(N2CC(C(=O)Nc3ccc(CN4CCCCC4)cc3)CC2=O)cc1. The molecule has 1 unspecified atom stereocenters. The predicted octanol–water partition coefficient (Wildman–Crippen LogP) is 3.67. The highest BCUT2D eigenvalue weighted by Gasteiger charge is 2.35. The largest absolute Gasteiger partial charge is 0.497 e. The zero-order chi connectivity index (χ0) is 20.9. The summed E-state index contributed by atoms with van der Waals surface area (Å²) in [6, 6.07) is 15.4. The van der Waals surface area contributed by atoms with E-state index in [-0.39, 0.29) is 24.2 Å². The molecule has 0 saturated carbocycles. The Morgan fingerprint density at radius 1 is 1.03 bits per heavy atom. The normalized spacial score (nSPS) is 19.7. The number of benzene rings is 2. The molecule has 2 saturated heterocycles. The van der Waals surface area contributed by atoms with Crippen molar-refractivity contribution < 1.29 is 14.3 Å². The van der Waals surface area contributed by atoms with Crippen molar-refractivity contribution in [3.63, 3.8) is 0 Å². The molecule has 2 aliphatic rings. The average Bonchev–Trinajstić information content (AvgIpc) is 3.18. The number of nitrogens with zero attached hydrogens (tertiary/aromatic N) is 2. The van der Waals surface area contributed by atoms with E-state index in [0.29, 0.717) is 6.54 Å². The molecule has 1 N–H and O–H groups in total. The summed E-state index contributed by atoms with van der Waals surface area (Å²) >= 11 is 0. The van der Waals surface area contributed by atoms with E-state index in [1.807, 2.05) is 36.4 Å². The number of hydrogen-bond donors (Lipinski definition) is 1. The molecule has 0 radical (unpaired) electrons. The number of amides is 2. The molecule has 0 bridgehead atoms. The van der Waals surface area contributed by atoms with Crippen LogP contribution in [0.4, 0.5) is 11.4 Å². The summed E-state index contributed by atoms with van der Waals surface area (Å²) in [7, 11) is 1.61. The minimum absolute atomic E-state index is 0.0304. The summed E-state index contributed by atoms with van der Waals surface area (Å²) in [5.41, 5.74) is 2.83. The van der Waals surface area contributed by atoms with Gasteiger partial charge in [0.2, 0.25) is 11.8 Å². The number of rotatable bonds is 6. The number of nitrogens with one attached hydrogen (secondary N) is 1. The van der Waals surface area contributed by atoms with Crippen LogP contribution in [0.3, 0.4) is 0 Å². The highest BCUT2D eigenvalue weighted by atomic mass is 16.5. The molecule has 2 fully saturated rings. The number of ether oxygens (including phenoxy) is 1. The lowest BCUT2D eigenvalue weighted by Gasteiger charge is -2.26. The second-order valence-corrected chi connectivity index (χ2v) is 8.13. The van der Waals surface area contributed by atoms with Crippen LogP contribution in [0.2, 0.25) is 0 Å². The van der Waals surface area contributed by atoms with Gasteiger partial charge in [-0.2, -0.15) is 0 Å². The van der Waals surface area contributed by atoms with Gasteiger partial charge in [-0.1, -0.05) is 18.6 Å². The van der Waals surface area contributed by atoms with Crippen molar-refractivity contribution in [3.8, 4) is 5.75 Å². The van der Waals surface area contributed by atoms with E-state index in [9.17, 15) is 9.59 Å². The highest BCUT2D eigenvalue weighted by Crippen LogP contribution is 2.27. The van der Waals surface area contributed by atoms with E-state index in [2.05, 4.69) is 22.3 Å². The van der Waals surface area contributed by atoms with Gasteiger partial charge in [-0.25, -0.2) is 0 Å². The second kappa shape index (κ2) is 9.30. The number of likely N-dealkylation sites (tertiary alicyclic amines) is 1. The molecule has 2 aromatic rings. The van der Waals surface area contributed by atoms with Gasteiger partial charge in [0.1, 0.15) is 5.75 Å². The van der Waals surface area contributed by atoms with E-state index in [4.69, 9.17) is 4.74 Å². The molecule has 2 aromatic carbocycles. The number of carbonyl (C=O) groups is 2. The van der Waals surface area contributed by atoms with Crippen molar-refractivity contribution in [1.82, 2.24) is 4.90 Å². The smallest absolute Gasteiger partial charge is 0.229 e. The minimum Gasteiger partial charge on any atom is -0.497 e. The van der Waals surface area contributed by atoms with Crippen LogP contribution in [0.1, 0.15) is 31.2 Å². The monoisotopic (exact) mass is 407 g/mol.